The number of hydrogen-bond acceptors (Lipinski definition) is 10. The van der Waals surface area contributed by atoms with Crippen LogP contribution in [0.15, 0.2) is 42.6 Å². The topological polar surface area (TPSA) is 149 Å². The smallest absolute Gasteiger partial charge is 0.354 e. The number of benzene rings is 1. The molecule has 228 valence electrons. The highest BCUT2D eigenvalue weighted by Crippen LogP contribution is 2.27. The summed E-state index contributed by atoms with van der Waals surface area (Å²) in [5.74, 6) is -0.554. The van der Waals surface area contributed by atoms with Gasteiger partial charge in [0.05, 0.1) is 30.8 Å². The lowest BCUT2D eigenvalue weighted by Gasteiger charge is -2.38. The predicted molar refractivity (Wildman–Crippen MR) is 150 cm³/mol. The molecule has 5 heterocycles. The van der Waals surface area contributed by atoms with Gasteiger partial charge < -0.3 is 23.9 Å². The van der Waals surface area contributed by atoms with Crippen molar-refractivity contribution in [3.63, 3.8) is 0 Å². The van der Waals surface area contributed by atoms with Gasteiger partial charge in [-0.2, -0.15) is 10.2 Å². The molecule has 14 heteroatoms. The Kier molecular flexibility index (Phi) is 8.58. The molecule has 0 unspecified atom stereocenters. The van der Waals surface area contributed by atoms with E-state index in [2.05, 4.69) is 15.0 Å². The van der Waals surface area contributed by atoms with Crippen molar-refractivity contribution < 1.29 is 32.9 Å². The standard InChI is InChI=1S/C30H29F2N7O5/c31-13-19-12-20(44-28-5-8-34-26(37-28)17-43-25-4-1-18(14-33)11-22(25)32)6-9-38(19)16-27-35-23-2-3-24(30(40)41)36-29(23)39(27)15-21-7-10-42-21/h1-5,8,11,19-21H,6-7,9-10,12-13,15-17H2,(H,40,41)/t19-,20+,21+/m1/s1. The van der Waals surface area contributed by atoms with Gasteiger partial charge in [0.15, 0.2) is 28.7 Å². The largest absolute Gasteiger partial charge is 0.483 e. The Balaban J connectivity index is 1.11. The van der Waals surface area contributed by atoms with E-state index in [1.165, 1.54) is 24.4 Å². The van der Waals surface area contributed by atoms with Gasteiger partial charge in [-0.25, -0.2) is 28.5 Å². The third kappa shape index (κ3) is 6.43. The van der Waals surface area contributed by atoms with Crippen LogP contribution in [0.2, 0.25) is 0 Å². The van der Waals surface area contributed by atoms with E-state index >= 15 is 0 Å². The molecule has 0 radical (unpaired) electrons. The Bertz CT molecular complexity index is 1710. The summed E-state index contributed by atoms with van der Waals surface area (Å²) in [6.45, 7) is 1.35. The molecule has 0 amide bonds. The number of halogens is 2. The van der Waals surface area contributed by atoms with Crippen LogP contribution in [0.4, 0.5) is 8.78 Å². The maximum absolute atomic E-state index is 14.4. The number of piperidine rings is 1. The summed E-state index contributed by atoms with van der Waals surface area (Å²) in [7, 11) is 0. The molecule has 2 saturated heterocycles. The molecule has 1 aromatic carbocycles. The quantitative estimate of drug-likeness (QED) is 0.267. The lowest BCUT2D eigenvalue weighted by molar-refractivity contribution is -0.0594. The summed E-state index contributed by atoms with van der Waals surface area (Å²) < 4.78 is 47.6. The Morgan fingerprint density at radius 2 is 2.05 bits per heavy atom. The molecular formula is C30H29F2N7O5. The second kappa shape index (κ2) is 12.9. The summed E-state index contributed by atoms with van der Waals surface area (Å²) in [6.07, 6.45) is 3.11. The van der Waals surface area contributed by atoms with Crippen LogP contribution < -0.4 is 9.47 Å². The van der Waals surface area contributed by atoms with Crippen LogP contribution >= 0.6 is 0 Å². The zero-order chi connectivity index (χ0) is 30.6. The molecule has 44 heavy (non-hydrogen) atoms. The Morgan fingerprint density at radius 1 is 1.18 bits per heavy atom. The fraction of sp³-hybridized carbons (Fsp3) is 0.400. The number of pyridine rings is 1. The first kappa shape index (κ1) is 29.3. The number of carbonyl (C=O) groups is 1. The van der Waals surface area contributed by atoms with Gasteiger partial charge in [0.2, 0.25) is 5.88 Å². The molecular weight excluding hydrogens is 576 g/mol. The molecule has 1 N–H and O–H groups in total. The molecule has 0 bridgehead atoms. The van der Waals surface area contributed by atoms with E-state index in [4.69, 9.17) is 24.5 Å². The number of ether oxygens (including phenoxy) is 3. The molecule has 4 aromatic rings. The summed E-state index contributed by atoms with van der Waals surface area (Å²) >= 11 is 0. The van der Waals surface area contributed by atoms with Gasteiger partial charge in [0.1, 0.15) is 30.7 Å². The van der Waals surface area contributed by atoms with Gasteiger partial charge >= 0.3 is 5.97 Å². The van der Waals surface area contributed by atoms with Crippen molar-refractivity contribution in [1.82, 2.24) is 29.4 Å². The average Bonchev–Trinajstić information content (AvgIpc) is 3.35. The number of nitrogens with zero attached hydrogens (tertiary/aromatic N) is 7. The zero-order valence-electron chi connectivity index (χ0n) is 23.6. The maximum Gasteiger partial charge on any atom is 0.354 e. The maximum atomic E-state index is 14.4. The van der Waals surface area contributed by atoms with E-state index in [1.807, 2.05) is 15.5 Å². The minimum Gasteiger partial charge on any atom is -0.483 e. The fourth-order valence-corrected chi connectivity index (χ4v) is 5.35. The third-order valence-electron chi connectivity index (χ3n) is 7.77. The number of alkyl halides is 1. The predicted octanol–water partition coefficient (Wildman–Crippen LogP) is 3.68. The molecule has 3 atom stereocenters. The van der Waals surface area contributed by atoms with Gasteiger partial charge in [-0.1, -0.05) is 0 Å². The molecule has 2 aliphatic rings. The number of rotatable bonds is 11. The zero-order valence-corrected chi connectivity index (χ0v) is 23.6. The number of aromatic carboxylic acids is 1. The van der Waals surface area contributed by atoms with Crippen LogP contribution in [-0.4, -0.2) is 78.6 Å². The second-order valence-electron chi connectivity index (χ2n) is 10.7. The first-order valence-corrected chi connectivity index (χ1v) is 14.2. The summed E-state index contributed by atoms with van der Waals surface area (Å²) in [4.78, 5) is 31.1. The van der Waals surface area contributed by atoms with E-state index < -0.39 is 24.5 Å². The lowest BCUT2D eigenvalue weighted by atomic mass is 10.00. The summed E-state index contributed by atoms with van der Waals surface area (Å²) in [5, 5.41) is 18.3. The van der Waals surface area contributed by atoms with Gasteiger partial charge in [-0.15, -0.1) is 0 Å². The highest BCUT2D eigenvalue weighted by Gasteiger charge is 2.32. The first-order chi connectivity index (χ1) is 21.4. The van der Waals surface area contributed by atoms with Crippen LogP contribution in [0, 0.1) is 17.1 Å². The highest BCUT2D eigenvalue weighted by molar-refractivity contribution is 5.88. The van der Waals surface area contributed by atoms with Crippen molar-refractivity contribution in [2.45, 2.75) is 57.2 Å². The summed E-state index contributed by atoms with van der Waals surface area (Å²) in [5.41, 5.74) is 1.16. The highest BCUT2D eigenvalue weighted by atomic mass is 19.1. The normalized spacial score (nSPS) is 20.2. The number of aromatic nitrogens is 5. The number of carboxylic acid groups (broad SMARTS) is 1. The minimum absolute atomic E-state index is 0.0103. The van der Waals surface area contributed by atoms with Gasteiger partial charge in [-0.3, -0.25) is 4.90 Å². The molecule has 3 aromatic heterocycles. The van der Waals surface area contributed by atoms with Crippen LogP contribution in [0.3, 0.4) is 0 Å². The first-order valence-electron chi connectivity index (χ1n) is 14.2. The lowest BCUT2D eigenvalue weighted by Crippen LogP contribution is -2.47. The van der Waals surface area contributed by atoms with E-state index in [-0.39, 0.29) is 41.6 Å². The van der Waals surface area contributed by atoms with Crippen molar-refractivity contribution in [2.24, 2.45) is 0 Å². The van der Waals surface area contributed by atoms with Crippen LogP contribution in [0.25, 0.3) is 11.2 Å². The number of fused-ring (bicyclic) bond motifs is 1. The van der Waals surface area contributed by atoms with Gasteiger partial charge in [0.25, 0.3) is 0 Å². The Morgan fingerprint density at radius 3 is 2.77 bits per heavy atom. The monoisotopic (exact) mass is 605 g/mol. The molecule has 2 fully saturated rings. The molecule has 0 aliphatic carbocycles. The molecule has 0 spiro atoms. The molecule has 2 aliphatic heterocycles. The van der Waals surface area contributed by atoms with Crippen molar-refractivity contribution in [1.29, 1.82) is 5.26 Å². The van der Waals surface area contributed by atoms with Crippen LogP contribution in [-0.2, 0) is 24.4 Å². The molecule has 0 saturated carbocycles. The van der Waals surface area contributed by atoms with Crippen molar-refractivity contribution in [2.75, 3.05) is 19.8 Å². The average molecular weight is 606 g/mol. The van der Waals surface area contributed by atoms with E-state index in [0.717, 1.165) is 12.5 Å². The van der Waals surface area contributed by atoms with Crippen molar-refractivity contribution in [3.8, 4) is 17.7 Å². The van der Waals surface area contributed by atoms with Gasteiger partial charge in [0, 0.05) is 37.9 Å². The number of nitriles is 1. The number of hydrogen-bond donors (Lipinski definition) is 1. The minimum atomic E-state index is -1.12. The van der Waals surface area contributed by atoms with Crippen LogP contribution in [0.5, 0.6) is 11.6 Å². The van der Waals surface area contributed by atoms with Crippen molar-refractivity contribution >= 4 is 17.1 Å². The van der Waals surface area contributed by atoms with Crippen molar-refractivity contribution in [3.05, 3.63) is 71.3 Å². The number of carboxylic acids is 1. The van der Waals surface area contributed by atoms with E-state index in [1.54, 1.807) is 12.1 Å². The molecule has 6 rings (SSSR count). The number of likely N-dealkylation sites (tertiary alicyclic amines) is 1. The Labute approximate surface area is 250 Å². The Hall–Kier alpha value is -4.74. The summed E-state index contributed by atoms with van der Waals surface area (Å²) in [6, 6.07) is 10.0. The SMILES string of the molecule is N#Cc1ccc(OCc2nccc(O[C@H]3CCN(Cc4nc5ccc(C(=O)O)nc5n4C[C@@H]4CCO4)[C@@H](CF)C3)n2)c(F)c1. The fourth-order valence-electron chi connectivity index (χ4n) is 5.35. The molecule has 12 nitrogen and oxygen atoms in total. The van der Waals surface area contributed by atoms with E-state index in [0.29, 0.717) is 62.0 Å². The third-order valence-corrected chi connectivity index (χ3v) is 7.77. The second-order valence-corrected chi connectivity index (χ2v) is 10.7. The number of imidazole rings is 1. The van der Waals surface area contributed by atoms with E-state index in [9.17, 15) is 18.7 Å². The van der Waals surface area contributed by atoms with Gasteiger partial charge in [-0.05, 0) is 43.2 Å². The van der Waals surface area contributed by atoms with Crippen LogP contribution in [0.1, 0.15) is 47.0 Å².